The van der Waals surface area contributed by atoms with Gasteiger partial charge in [0.15, 0.2) is 16.6 Å². The smallest absolute Gasteiger partial charge is 0.270 e. The predicted octanol–water partition coefficient (Wildman–Crippen LogP) is 7.48. The van der Waals surface area contributed by atoms with Gasteiger partial charge in [-0.05, 0) is 81.7 Å². The highest BCUT2D eigenvalue weighted by atomic mass is 79.9. The third kappa shape index (κ3) is 5.90. The third-order valence-electron chi connectivity index (χ3n) is 5.20. The Hall–Kier alpha value is -2.33. The highest BCUT2D eigenvalue weighted by Crippen LogP contribution is 2.39. The lowest BCUT2D eigenvalue weighted by Crippen LogP contribution is -2.54. The number of hydrogen-bond donors (Lipinski definition) is 1. The van der Waals surface area contributed by atoms with Gasteiger partial charge in [0.2, 0.25) is 0 Å². The van der Waals surface area contributed by atoms with Crippen LogP contribution in [0.4, 0.5) is 5.69 Å². The lowest BCUT2D eigenvalue weighted by atomic mass is 10.1. The molecular weight excluding hydrogens is 646 g/mol. The van der Waals surface area contributed by atoms with E-state index < -0.39 is 11.8 Å². The number of thiocarbonyl (C=S) groups is 1. The van der Waals surface area contributed by atoms with Crippen LogP contribution in [-0.4, -0.2) is 24.0 Å². The van der Waals surface area contributed by atoms with E-state index in [-0.39, 0.29) is 33.0 Å². The number of carbonyl (C=O) groups is 2. The summed E-state index contributed by atoms with van der Waals surface area (Å²) < 4.78 is 12.0. The Labute approximate surface area is 246 Å². The molecule has 0 bridgehead atoms. The average Bonchev–Trinajstić information content (AvgIpc) is 2.85. The summed E-state index contributed by atoms with van der Waals surface area (Å²) in [7, 11) is 1.48. The lowest BCUT2D eigenvalue weighted by molar-refractivity contribution is -0.122. The molecule has 1 aliphatic rings. The zero-order valence-corrected chi connectivity index (χ0v) is 24.2. The molecule has 0 radical (unpaired) electrons. The summed E-state index contributed by atoms with van der Waals surface area (Å²) in [6.45, 7) is 0.194. The van der Waals surface area contributed by atoms with Gasteiger partial charge in [-0.25, -0.2) is 0 Å². The summed E-state index contributed by atoms with van der Waals surface area (Å²) in [5, 5.41) is 3.63. The van der Waals surface area contributed by atoms with Crippen LogP contribution in [-0.2, 0) is 16.2 Å². The van der Waals surface area contributed by atoms with Gasteiger partial charge in [-0.15, -0.1) is 0 Å². The highest BCUT2D eigenvalue weighted by Gasteiger charge is 2.35. The molecule has 4 rings (SSSR count). The average molecular weight is 661 g/mol. The van der Waals surface area contributed by atoms with Crippen LogP contribution in [0.5, 0.6) is 11.5 Å². The van der Waals surface area contributed by atoms with Crippen molar-refractivity contribution in [3.05, 3.63) is 89.8 Å². The molecule has 0 unspecified atom stereocenters. The van der Waals surface area contributed by atoms with Gasteiger partial charge in [-0.2, -0.15) is 0 Å². The molecule has 2 amide bonds. The normalized spacial score (nSPS) is 14.7. The van der Waals surface area contributed by atoms with Gasteiger partial charge in [-0.3, -0.25) is 19.8 Å². The van der Waals surface area contributed by atoms with E-state index >= 15 is 0 Å². The number of halogens is 5. The van der Waals surface area contributed by atoms with Crippen LogP contribution < -0.4 is 19.7 Å². The van der Waals surface area contributed by atoms with Crippen molar-refractivity contribution in [2.45, 2.75) is 6.61 Å². The molecule has 0 aromatic heterocycles. The Morgan fingerprint density at radius 2 is 1.78 bits per heavy atom. The second-order valence-electron chi connectivity index (χ2n) is 7.60. The molecule has 1 heterocycles. The number of benzene rings is 3. The first-order valence-electron chi connectivity index (χ1n) is 10.4. The molecule has 37 heavy (non-hydrogen) atoms. The number of anilines is 1. The predicted molar refractivity (Wildman–Crippen MR) is 154 cm³/mol. The van der Waals surface area contributed by atoms with Crippen molar-refractivity contribution in [1.29, 1.82) is 0 Å². The van der Waals surface area contributed by atoms with Gasteiger partial charge < -0.3 is 9.47 Å². The number of carbonyl (C=O) groups excluding carboxylic acids is 2. The number of hydrogen-bond acceptors (Lipinski definition) is 5. The minimum atomic E-state index is -0.659. The van der Waals surface area contributed by atoms with Gasteiger partial charge in [0.05, 0.1) is 37.4 Å². The van der Waals surface area contributed by atoms with Crippen LogP contribution in [0.15, 0.2) is 58.6 Å². The Morgan fingerprint density at radius 1 is 1.03 bits per heavy atom. The minimum absolute atomic E-state index is 0.110. The largest absolute Gasteiger partial charge is 0.493 e. The van der Waals surface area contributed by atoms with Crippen LogP contribution in [0.3, 0.4) is 0 Å². The Balaban J connectivity index is 1.65. The second kappa shape index (κ2) is 11.6. The maximum absolute atomic E-state index is 13.4. The molecule has 0 aliphatic carbocycles. The molecule has 6 nitrogen and oxygen atoms in total. The summed E-state index contributed by atoms with van der Waals surface area (Å²) in [4.78, 5) is 27.2. The quantitative estimate of drug-likeness (QED) is 0.169. The molecule has 1 N–H and O–H groups in total. The number of methoxy groups -OCH3 is 1. The van der Waals surface area contributed by atoms with Gasteiger partial charge in [0, 0.05) is 0 Å². The molecule has 3 aromatic rings. The fourth-order valence-corrected chi connectivity index (χ4v) is 5.01. The zero-order valence-electron chi connectivity index (χ0n) is 18.8. The molecule has 1 saturated heterocycles. The van der Waals surface area contributed by atoms with E-state index in [0.717, 1.165) is 10.5 Å². The van der Waals surface area contributed by atoms with E-state index in [4.69, 9.17) is 68.1 Å². The first-order chi connectivity index (χ1) is 17.6. The fourth-order valence-electron chi connectivity index (χ4n) is 3.46. The van der Waals surface area contributed by atoms with E-state index in [1.165, 1.54) is 13.2 Å². The Kier molecular flexibility index (Phi) is 8.68. The SMILES string of the molecule is COc1cc(/C=C2\C(=O)NC(=S)N(c3cccc(Cl)c3Cl)C2=O)cc(Br)c1OCc1ccc(Cl)c(Cl)c1. The Morgan fingerprint density at radius 3 is 2.49 bits per heavy atom. The zero-order chi connectivity index (χ0) is 26.9. The summed E-state index contributed by atoms with van der Waals surface area (Å²) in [5.41, 5.74) is 1.38. The van der Waals surface area contributed by atoms with Crippen LogP contribution in [0.25, 0.3) is 6.08 Å². The summed E-state index contributed by atoms with van der Waals surface area (Å²) in [6.07, 6.45) is 1.42. The third-order valence-corrected chi connectivity index (χ3v) is 7.63. The molecule has 0 saturated carbocycles. The van der Waals surface area contributed by atoms with E-state index in [1.807, 2.05) is 0 Å². The van der Waals surface area contributed by atoms with Crippen LogP contribution in [0, 0.1) is 0 Å². The number of amides is 2. The number of nitrogens with one attached hydrogen (secondary N) is 1. The second-order valence-corrected chi connectivity index (χ2v) is 10.4. The molecule has 1 aliphatic heterocycles. The van der Waals surface area contributed by atoms with E-state index in [1.54, 1.807) is 48.5 Å². The standard InChI is InChI=1S/C25H15BrCl4N2O4S/c1-35-20-10-13(8-15(26)22(20)36-11-12-5-6-16(27)18(29)9-12)7-14-23(33)31-25(37)32(24(14)34)19-4-2-3-17(28)21(19)30/h2-10H,11H2,1H3,(H,31,33,37)/b14-7+. The van der Waals surface area contributed by atoms with Gasteiger partial charge >= 0.3 is 0 Å². The molecule has 3 aromatic carbocycles. The molecule has 190 valence electrons. The Bertz CT molecular complexity index is 1480. The van der Waals surface area contributed by atoms with Crippen LogP contribution in [0.2, 0.25) is 20.1 Å². The van der Waals surface area contributed by atoms with Crippen molar-refractivity contribution in [3.8, 4) is 11.5 Å². The number of ether oxygens (including phenoxy) is 2. The van der Waals surface area contributed by atoms with Crippen LogP contribution >= 0.6 is 74.6 Å². The number of nitrogens with zero attached hydrogens (tertiary/aromatic N) is 1. The van der Waals surface area contributed by atoms with Crippen molar-refractivity contribution in [3.63, 3.8) is 0 Å². The molecule has 1 fully saturated rings. The van der Waals surface area contributed by atoms with E-state index in [0.29, 0.717) is 31.6 Å². The number of rotatable bonds is 6. The topological polar surface area (TPSA) is 67.9 Å². The maximum Gasteiger partial charge on any atom is 0.270 e. The van der Waals surface area contributed by atoms with Crippen molar-refractivity contribution < 1.29 is 19.1 Å². The monoisotopic (exact) mass is 658 g/mol. The van der Waals surface area contributed by atoms with Crippen molar-refractivity contribution in [2.75, 3.05) is 12.0 Å². The molecule has 0 spiro atoms. The van der Waals surface area contributed by atoms with Gasteiger partial charge in [0.25, 0.3) is 11.8 Å². The molecule has 12 heteroatoms. The first-order valence-corrected chi connectivity index (χ1v) is 13.1. The minimum Gasteiger partial charge on any atom is -0.493 e. The summed E-state index contributed by atoms with van der Waals surface area (Å²) >= 11 is 33.2. The summed E-state index contributed by atoms with van der Waals surface area (Å²) in [6, 6.07) is 13.3. The van der Waals surface area contributed by atoms with Crippen molar-refractivity contribution >= 4 is 103 Å². The summed E-state index contributed by atoms with van der Waals surface area (Å²) in [5.74, 6) is -0.522. The first kappa shape index (κ1) is 27.7. The van der Waals surface area contributed by atoms with Crippen molar-refractivity contribution in [1.82, 2.24) is 5.32 Å². The van der Waals surface area contributed by atoms with Crippen LogP contribution in [0.1, 0.15) is 11.1 Å². The molecular formula is C25H15BrCl4N2O4S. The maximum atomic E-state index is 13.4. The van der Waals surface area contributed by atoms with E-state index in [9.17, 15) is 9.59 Å². The van der Waals surface area contributed by atoms with Gasteiger partial charge in [-0.1, -0.05) is 58.5 Å². The van der Waals surface area contributed by atoms with E-state index in [2.05, 4.69) is 21.2 Å². The molecule has 0 atom stereocenters. The fraction of sp³-hybridized carbons (Fsp3) is 0.0800. The lowest BCUT2D eigenvalue weighted by Gasteiger charge is -2.29. The van der Waals surface area contributed by atoms with Gasteiger partial charge in [0.1, 0.15) is 12.2 Å². The van der Waals surface area contributed by atoms with Crippen molar-refractivity contribution in [2.24, 2.45) is 0 Å². The highest BCUT2D eigenvalue weighted by molar-refractivity contribution is 9.10.